The van der Waals surface area contributed by atoms with E-state index in [-0.39, 0.29) is 28.9 Å². The topological polar surface area (TPSA) is 26.0 Å². The molecule has 1 atom stereocenters. The summed E-state index contributed by atoms with van der Waals surface area (Å²) in [7, 11) is 0. The van der Waals surface area contributed by atoms with E-state index in [4.69, 9.17) is 17.3 Å². The summed E-state index contributed by atoms with van der Waals surface area (Å²) in [5.41, 5.74) is 6.19. The second-order valence-corrected chi connectivity index (χ2v) is 5.06. The van der Waals surface area contributed by atoms with Crippen LogP contribution in [-0.2, 0) is 0 Å². The summed E-state index contributed by atoms with van der Waals surface area (Å²) in [6.07, 6.45) is 5.34. The van der Waals surface area contributed by atoms with Gasteiger partial charge in [0, 0.05) is 11.6 Å². The Bertz CT molecular complexity index is 406. The number of hydrogen-bond acceptors (Lipinski definition) is 1. The Morgan fingerprint density at radius 3 is 2.28 bits per heavy atom. The molecule has 5 heteroatoms. The lowest BCUT2D eigenvalue weighted by molar-refractivity contribution is 0.303. The average Bonchev–Trinajstić information content (AvgIpc) is 2.35. The third kappa shape index (κ3) is 3.14. The van der Waals surface area contributed by atoms with Crippen molar-refractivity contribution in [3.8, 4) is 0 Å². The summed E-state index contributed by atoms with van der Waals surface area (Å²) in [6.45, 7) is 0. The van der Waals surface area contributed by atoms with E-state index in [9.17, 15) is 8.78 Å². The smallest absolute Gasteiger partial charge is 0.142 e. The highest BCUT2D eigenvalue weighted by atomic mass is 35.5. The maximum absolute atomic E-state index is 13.7. The van der Waals surface area contributed by atoms with Gasteiger partial charge in [0.2, 0.25) is 0 Å². The van der Waals surface area contributed by atoms with Crippen molar-refractivity contribution in [2.24, 2.45) is 11.7 Å². The first-order valence-corrected chi connectivity index (χ1v) is 6.38. The summed E-state index contributed by atoms with van der Waals surface area (Å²) in [4.78, 5) is 0. The molecule has 102 valence electrons. The number of benzene rings is 1. The fourth-order valence-corrected chi connectivity index (χ4v) is 2.86. The Morgan fingerprint density at radius 2 is 1.67 bits per heavy atom. The Balaban J connectivity index is 0.00000162. The molecule has 0 spiro atoms. The van der Waals surface area contributed by atoms with Gasteiger partial charge in [0.1, 0.15) is 11.6 Å². The third-order valence-corrected chi connectivity index (χ3v) is 3.95. The molecule has 1 aromatic carbocycles. The predicted octanol–water partition coefficient (Wildman–Crippen LogP) is 4.62. The van der Waals surface area contributed by atoms with Crippen molar-refractivity contribution in [2.75, 3.05) is 0 Å². The first-order valence-electron chi connectivity index (χ1n) is 6.00. The molecule has 2 N–H and O–H groups in total. The molecule has 18 heavy (non-hydrogen) atoms. The molecule has 1 fully saturated rings. The van der Waals surface area contributed by atoms with Crippen molar-refractivity contribution in [1.29, 1.82) is 0 Å². The normalized spacial score (nSPS) is 18.2. The molecule has 0 saturated heterocycles. The molecule has 0 aromatic heterocycles. The molecule has 0 heterocycles. The maximum atomic E-state index is 13.7. The van der Waals surface area contributed by atoms with Crippen molar-refractivity contribution in [1.82, 2.24) is 0 Å². The molecule has 1 aromatic rings. The largest absolute Gasteiger partial charge is 0.324 e. The lowest BCUT2D eigenvalue weighted by Gasteiger charge is -2.28. The highest BCUT2D eigenvalue weighted by Crippen LogP contribution is 2.37. The minimum Gasteiger partial charge on any atom is -0.324 e. The summed E-state index contributed by atoms with van der Waals surface area (Å²) >= 11 is 5.82. The SMILES string of the molecule is Cl.N[C@@H](c1c(F)ccc(F)c1Cl)C1CCCCC1. The monoisotopic (exact) mass is 295 g/mol. The summed E-state index contributed by atoms with van der Waals surface area (Å²) in [5, 5.41) is -0.164. The van der Waals surface area contributed by atoms with Gasteiger partial charge in [-0.3, -0.25) is 0 Å². The molecule has 0 aliphatic heterocycles. The van der Waals surface area contributed by atoms with Gasteiger partial charge in [-0.15, -0.1) is 12.4 Å². The van der Waals surface area contributed by atoms with E-state index in [1.807, 2.05) is 0 Å². The van der Waals surface area contributed by atoms with Crippen LogP contribution in [0.15, 0.2) is 12.1 Å². The highest BCUT2D eigenvalue weighted by molar-refractivity contribution is 6.31. The van der Waals surface area contributed by atoms with Crippen LogP contribution in [0.2, 0.25) is 5.02 Å². The number of nitrogens with two attached hydrogens (primary N) is 1. The van der Waals surface area contributed by atoms with E-state index in [2.05, 4.69) is 0 Å². The zero-order valence-electron chi connectivity index (χ0n) is 9.96. The van der Waals surface area contributed by atoms with Crippen LogP contribution in [0.25, 0.3) is 0 Å². The minimum absolute atomic E-state index is 0. The van der Waals surface area contributed by atoms with Crippen LogP contribution in [0.5, 0.6) is 0 Å². The predicted molar refractivity (Wildman–Crippen MR) is 72.1 cm³/mol. The quantitative estimate of drug-likeness (QED) is 0.792. The lowest BCUT2D eigenvalue weighted by atomic mass is 9.81. The van der Waals surface area contributed by atoms with Crippen molar-refractivity contribution >= 4 is 24.0 Å². The molecule has 1 aliphatic rings. The molecule has 0 unspecified atom stereocenters. The molecule has 1 saturated carbocycles. The van der Waals surface area contributed by atoms with Crippen molar-refractivity contribution in [2.45, 2.75) is 38.1 Å². The van der Waals surface area contributed by atoms with Gasteiger partial charge in [0.05, 0.1) is 5.02 Å². The van der Waals surface area contributed by atoms with Gasteiger partial charge >= 0.3 is 0 Å². The van der Waals surface area contributed by atoms with Crippen LogP contribution in [0.3, 0.4) is 0 Å². The van der Waals surface area contributed by atoms with E-state index in [1.165, 1.54) is 6.42 Å². The first-order chi connectivity index (χ1) is 8.11. The van der Waals surface area contributed by atoms with Gasteiger partial charge in [0.15, 0.2) is 0 Å². The van der Waals surface area contributed by atoms with Crippen LogP contribution in [0.4, 0.5) is 8.78 Å². The van der Waals surface area contributed by atoms with E-state index in [0.29, 0.717) is 0 Å². The van der Waals surface area contributed by atoms with E-state index >= 15 is 0 Å². The van der Waals surface area contributed by atoms with E-state index in [0.717, 1.165) is 37.8 Å². The van der Waals surface area contributed by atoms with E-state index < -0.39 is 17.7 Å². The van der Waals surface area contributed by atoms with Gasteiger partial charge in [-0.1, -0.05) is 30.9 Å². The van der Waals surface area contributed by atoms with Crippen LogP contribution in [-0.4, -0.2) is 0 Å². The standard InChI is InChI=1S/C13H16ClF2N.ClH/c14-12-10(16)7-6-9(15)11(12)13(17)8-4-2-1-3-5-8;/h6-8,13H,1-5,17H2;1H/t13-;/m1./s1. The summed E-state index contributed by atoms with van der Waals surface area (Å²) < 4.78 is 27.0. The van der Waals surface area contributed by atoms with Gasteiger partial charge in [-0.25, -0.2) is 8.78 Å². The second kappa shape index (κ2) is 6.69. The van der Waals surface area contributed by atoms with Crippen LogP contribution < -0.4 is 5.73 Å². The Morgan fingerprint density at radius 1 is 1.11 bits per heavy atom. The zero-order valence-corrected chi connectivity index (χ0v) is 11.5. The molecule has 0 amide bonds. The molecular weight excluding hydrogens is 279 g/mol. The highest BCUT2D eigenvalue weighted by Gasteiger charge is 2.27. The zero-order chi connectivity index (χ0) is 12.4. The molecule has 1 nitrogen and oxygen atoms in total. The molecule has 1 aliphatic carbocycles. The number of rotatable bonds is 2. The van der Waals surface area contributed by atoms with E-state index in [1.54, 1.807) is 0 Å². The van der Waals surface area contributed by atoms with Gasteiger partial charge in [0.25, 0.3) is 0 Å². The fraction of sp³-hybridized carbons (Fsp3) is 0.538. The maximum Gasteiger partial charge on any atom is 0.142 e. The van der Waals surface area contributed by atoms with Crippen molar-refractivity contribution in [3.63, 3.8) is 0 Å². The third-order valence-electron chi connectivity index (χ3n) is 3.57. The Labute approximate surface area is 117 Å². The minimum atomic E-state index is -0.602. The number of hydrogen-bond donors (Lipinski definition) is 1. The van der Waals surface area contributed by atoms with Crippen molar-refractivity contribution in [3.05, 3.63) is 34.4 Å². The first kappa shape index (κ1) is 15.7. The summed E-state index contributed by atoms with van der Waals surface area (Å²) in [6, 6.07) is 1.63. The molecular formula is C13H17Cl2F2N. The van der Waals surface area contributed by atoms with Gasteiger partial charge in [-0.2, -0.15) is 0 Å². The fourth-order valence-electron chi connectivity index (χ4n) is 2.58. The van der Waals surface area contributed by atoms with Gasteiger partial charge < -0.3 is 5.73 Å². The average molecular weight is 296 g/mol. The van der Waals surface area contributed by atoms with Crippen molar-refractivity contribution < 1.29 is 8.78 Å². The second-order valence-electron chi connectivity index (χ2n) is 4.68. The van der Waals surface area contributed by atoms with Crippen LogP contribution in [0.1, 0.15) is 43.7 Å². The molecule has 0 radical (unpaired) electrons. The number of halogens is 4. The Kier molecular flexibility index (Phi) is 5.83. The van der Waals surface area contributed by atoms with Crippen LogP contribution >= 0.6 is 24.0 Å². The lowest BCUT2D eigenvalue weighted by Crippen LogP contribution is -2.25. The molecule has 2 rings (SSSR count). The van der Waals surface area contributed by atoms with Crippen LogP contribution in [0, 0.1) is 17.6 Å². The summed E-state index contributed by atoms with van der Waals surface area (Å²) in [5.74, 6) is -0.902. The van der Waals surface area contributed by atoms with Gasteiger partial charge in [-0.05, 0) is 30.9 Å². The molecule has 0 bridgehead atoms. The Hall–Kier alpha value is -0.380.